The molecule has 19 heavy (non-hydrogen) atoms. The molecule has 0 bridgehead atoms. The van der Waals surface area contributed by atoms with Crippen molar-refractivity contribution < 1.29 is 4.79 Å². The molecule has 2 aromatic rings. The van der Waals surface area contributed by atoms with E-state index in [-0.39, 0.29) is 11.6 Å². The molecule has 1 amide bonds. The molecule has 1 aromatic heterocycles. The number of benzene rings is 1. The molecule has 0 saturated heterocycles. The Balaban J connectivity index is 2.19. The smallest absolute Gasteiger partial charge is 0.325 e. The number of rotatable bonds is 4. The Morgan fingerprint density at radius 1 is 1.47 bits per heavy atom. The van der Waals surface area contributed by atoms with E-state index in [1.807, 2.05) is 14.1 Å². The summed E-state index contributed by atoms with van der Waals surface area (Å²) in [5.41, 5.74) is 0.954. The van der Waals surface area contributed by atoms with E-state index in [0.29, 0.717) is 17.9 Å². The summed E-state index contributed by atoms with van der Waals surface area (Å²) in [6.45, 7) is 0.301. The minimum absolute atomic E-state index is 0.110. The van der Waals surface area contributed by atoms with Crippen molar-refractivity contribution in [2.75, 3.05) is 26.0 Å². The summed E-state index contributed by atoms with van der Waals surface area (Å²) in [6.07, 6.45) is 1.39. The fourth-order valence-electron chi connectivity index (χ4n) is 1.65. The van der Waals surface area contributed by atoms with Gasteiger partial charge in [0, 0.05) is 5.69 Å². The monoisotopic (exact) mass is 261 g/mol. The fourth-order valence-corrected chi connectivity index (χ4v) is 1.65. The lowest BCUT2D eigenvalue weighted by Crippen LogP contribution is -2.27. The average Bonchev–Trinajstić information content (AvgIpc) is 2.74. The number of carbonyl (C=O) groups excluding carboxylic acids is 1. The van der Waals surface area contributed by atoms with E-state index >= 15 is 0 Å². The van der Waals surface area contributed by atoms with Crippen molar-refractivity contribution in [2.24, 2.45) is 0 Å². The van der Waals surface area contributed by atoms with Gasteiger partial charge in [-0.1, -0.05) is 6.07 Å². The van der Waals surface area contributed by atoms with Crippen molar-refractivity contribution in [2.45, 2.75) is 0 Å². The Kier molecular flexibility index (Phi) is 3.76. The van der Waals surface area contributed by atoms with Gasteiger partial charge in [0.05, 0.1) is 12.2 Å². The predicted molar refractivity (Wildman–Crippen MR) is 71.4 cm³/mol. The highest BCUT2D eigenvalue weighted by molar-refractivity contribution is 5.92. The van der Waals surface area contributed by atoms with Crippen molar-refractivity contribution in [3.8, 4) is 5.69 Å². The van der Waals surface area contributed by atoms with Crippen LogP contribution < -0.4 is 11.0 Å². The largest absolute Gasteiger partial charge is 0.347 e. The molecule has 2 N–H and O–H groups in total. The zero-order valence-electron chi connectivity index (χ0n) is 10.8. The van der Waals surface area contributed by atoms with Crippen molar-refractivity contribution >= 4 is 11.6 Å². The lowest BCUT2D eigenvalue weighted by Gasteiger charge is -2.10. The number of aromatic amines is 1. The van der Waals surface area contributed by atoms with Gasteiger partial charge in [0.25, 0.3) is 0 Å². The predicted octanol–water partition coefficient (Wildman–Crippen LogP) is 0.0607. The number of amides is 1. The van der Waals surface area contributed by atoms with Crippen molar-refractivity contribution in [1.82, 2.24) is 19.7 Å². The molecular formula is C12H15N5O2. The molecule has 2 rings (SSSR count). The number of likely N-dealkylation sites (N-methyl/N-ethyl adjacent to an activating group) is 1. The Morgan fingerprint density at radius 3 is 2.89 bits per heavy atom. The first-order valence-corrected chi connectivity index (χ1v) is 5.73. The SMILES string of the molecule is CN(C)CC(=O)Nc1cccc(-n2cn[nH]c2=O)c1. The van der Waals surface area contributed by atoms with Crippen LogP contribution in [0.2, 0.25) is 0 Å². The molecule has 0 aliphatic heterocycles. The summed E-state index contributed by atoms with van der Waals surface area (Å²) >= 11 is 0. The summed E-state index contributed by atoms with van der Waals surface area (Å²) in [4.78, 5) is 24.9. The number of anilines is 1. The number of H-pyrrole nitrogens is 1. The Labute approximate surface area is 109 Å². The molecule has 7 nitrogen and oxygen atoms in total. The van der Waals surface area contributed by atoms with Crippen LogP contribution in [0.4, 0.5) is 5.69 Å². The maximum Gasteiger partial charge on any atom is 0.347 e. The second-order valence-corrected chi connectivity index (χ2v) is 4.37. The number of aromatic nitrogens is 3. The van der Waals surface area contributed by atoms with Gasteiger partial charge in [-0.05, 0) is 32.3 Å². The molecule has 0 aliphatic carbocycles. The zero-order valence-corrected chi connectivity index (χ0v) is 10.8. The Bertz CT molecular complexity index is 629. The van der Waals surface area contributed by atoms with Crippen LogP contribution in [0, 0.1) is 0 Å². The molecule has 1 aromatic carbocycles. The van der Waals surface area contributed by atoms with Crippen LogP contribution in [-0.4, -0.2) is 46.2 Å². The summed E-state index contributed by atoms with van der Waals surface area (Å²) in [5, 5.41) is 8.74. The van der Waals surface area contributed by atoms with Crippen LogP contribution in [0.3, 0.4) is 0 Å². The van der Waals surface area contributed by atoms with Gasteiger partial charge >= 0.3 is 5.69 Å². The molecule has 0 spiro atoms. The molecule has 0 aliphatic rings. The van der Waals surface area contributed by atoms with Crippen LogP contribution in [0.5, 0.6) is 0 Å². The third-order valence-corrected chi connectivity index (χ3v) is 2.42. The van der Waals surface area contributed by atoms with Gasteiger partial charge in [-0.25, -0.2) is 14.5 Å². The van der Waals surface area contributed by atoms with Crippen LogP contribution >= 0.6 is 0 Å². The van der Waals surface area contributed by atoms with E-state index < -0.39 is 0 Å². The minimum Gasteiger partial charge on any atom is -0.325 e. The van der Waals surface area contributed by atoms with E-state index in [1.165, 1.54) is 10.9 Å². The first-order chi connectivity index (χ1) is 9.06. The normalized spacial score (nSPS) is 10.7. The summed E-state index contributed by atoms with van der Waals surface area (Å²) in [5.74, 6) is -0.110. The zero-order chi connectivity index (χ0) is 13.8. The fraction of sp³-hybridized carbons (Fsp3) is 0.250. The lowest BCUT2D eigenvalue weighted by molar-refractivity contribution is -0.116. The standard InChI is InChI=1S/C12H15N5O2/c1-16(2)7-11(18)14-9-4-3-5-10(6-9)17-8-13-15-12(17)19/h3-6,8H,7H2,1-2H3,(H,14,18)(H,15,19). The number of nitrogens with zero attached hydrogens (tertiary/aromatic N) is 3. The maximum absolute atomic E-state index is 11.6. The van der Waals surface area contributed by atoms with Gasteiger partial charge in [-0.3, -0.25) is 4.79 Å². The van der Waals surface area contributed by atoms with Gasteiger partial charge in [0.1, 0.15) is 6.33 Å². The molecule has 0 radical (unpaired) electrons. The first-order valence-electron chi connectivity index (χ1n) is 5.73. The van der Waals surface area contributed by atoms with Gasteiger partial charge in [-0.15, -0.1) is 0 Å². The van der Waals surface area contributed by atoms with Crippen molar-refractivity contribution in [3.05, 3.63) is 41.1 Å². The topological polar surface area (TPSA) is 83.0 Å². The highest BCUT2D eigenvalue weighted by Crippen LogP contribution is 2.12. The molecule has 0 atom stereocenters. The van der Waals surface area contributed by atoms with Gasteiger partial charge in [-0.2, -0.15) is 5.10 Å². The molecule has 0 saturated carbocycles. The van der Waals surface area contributed by atoms with E-state index in [9.17, 15) is 9.59 Å². The summed E-state index contributed by atoms with van der Waals surface area (Å²) in [6, 6.07) is 7.01. The first kappa shape index (κ1) is 13.0. The average molecular weight is 261 g/mol. The van der Waals surface area contributed by atoms with Gasteiger partial charge in [0.15, 0.2) is 0 Å². The third kappa shape index (κ3) is 3.29. The molecule has 0 unspecified atom stereocenters. The Morgan fingerprint density at radius 2 is 2.26 bits per heavy atom. The number of nitrogens with one attached hydrogen (secondary N) is 2. The van der Waals surface area contributed by atoms with E-state index in [2.05, 4.69) is 15.5 Å². The number of hydrogen-bond donors (Lipinski definition) is 2. The number of hydrogen-bond acceptors (Lipinski definition) is 4. The van der Waals surface area contributed by atoms with Crippen molar-refractivity contribution in [3.63, 3.8) is 0 Å². The van der Waals surface area contributed by atoms with Crippen LogP contribution in [0.25, 0.3) is 5.69 Å². The minimum atomic E-state index is -0.322. The molecule has 0 fully saturated rings. The Hall–Kier alpha value is -2.41. The van der Waals surface area contributed by atoms with Gasteiger partial charge < -0.3 is 10.2 Å². The van der Waals surface area contributed by atoms with Crippen LogP contribution in [-0.2, 0) is 4.79 Å². The molecule has 1 heterocycles. The summed E-state index contributed by atoms with van der Waals surface area (Å²) in [7, 11) is 3.64. The van der Waals surface area contributed by atoms with Crippen molar-refractivity contribution in [1.29, 1.82) is 0 Å². The van der Waals surface area contributed by atoms with E-state index in [4.69, 9.17) is 0 Å². The second kappa shape index (κ2) is 5.49. The summed E-state index contributed by atoms with van der Waals surface area (Å²) < 4.78 is 1.36. The molecular weight excluding hydrogens is 246 g/mol. The quantitative estimate of drug-likeness (QED) is 0.815. The molecule has 7 heteroatoms. The highest BCUT2D eigenvalue weighted by atomic mass is 16.2. The highest BCUT2D eigenvalue weighted by Gasteiger charge is 2.06. The second-order valence-electron chi connectivity index (χ2n) is 4.37. The molecule has 100 valence electrons. The van der Waals surface area contributed by atoms with Gasteiger partial charge in [0.2, 0.25) is 5.91 Å². The van der Waals surface area contributed by atoms with E-state index in [1.54, 1.807) is 29.2 Å². The third-order valence-electron chi connectivity index (χ3n) is 2.42. The lowest BCUT2D eigenvalue weighted by atomic mass is 10.2. The number of carbonyl (C=O) groups is 1. The van der Waals surface area contributed by atoms with Crippen LogP contribution in [0.1, 0.15) is 0 Å². The van der Waals surface area contributed by atoms with E-state index in [0.717, 1.165) is 0 Å². The maximum atomic E-state index is 11.6. The van der Waals surface area contributed by atoms with Crippen LogP contribution in [0.15, 0.2) is 35.4 Å².